The molecule has 1 heterocycles. The standard InChI is InChI=1S/C14H14BrClN2O/c1-2-18-9-12(4-6-14(18)19)17-8-10-7-11(15)3-5-13(10)16/h3-7,9,17H,2,8H2,1H3. The zero-order valence-corrected chi connectivity index (χ0v) is 12.8. The van der Waals surface area contributed by atoms with E-state index >= 15 is 0 Å². The molecule has 0 saturated heterocycles. The molecular weight excluding hydrogens is 328 g/mol. The van der Waals surface area contributed by atoms with E-state index in [-0.39, 0.29) is 5.56 Å². The molecule has 0 saturated carbocycles. The maximum Gasteiger partial charge on any atom is 0.250 e. The van der Waals surface area contributed by atoms with Crippen molar-refractivity contribution in [3.8, 4) is 0 Å². The lowest BCUT2D eigenvalue weighted by molar-refractivity contribution is 0.727. The minimum absolute atomic E-state index is 0.00791. The van der Waals surface area contributed by atoms with E-state index in [1.807, 2.05) is 31.3 Å². The summed E-state index contributed by atoms with van der Waals surface area (Å²) in [5.41, 5.74) is 1.91. The van der Waals surface area contributed by atoms with Gasteiger partial charge in [0.2, 0.25) is 0 Å². The van der Waals surface area contributed by atoms with Crippen LogP contribution in [0.15, 0.2) is 45.8 Å². The number of anilines is 1. The van der Waals surface area contributed by atoms with Crippen LogP contribution in [0.5, 0.6) is 0 Å². The Morgan fingerprint density at radius 3 is 2.84 bits per heavy atom. The lowest BCUT2D eigenvalue weighted by Gasteiger charge is -2.10. The molecule has 1 N–H and O–H groups in total. The van der Waals surface area contributed by atoms with Gasteiger partial charge in [0.1, 0.15) is 0 Å². The number of pyridine rings is 1. The highest BCUT2D eigenvalue weighted by molar-refractivity contribution is 9.10. The molecule has 0 radical (unpaired) electrons. The van der Waals surface area contributed by atoms with Crippen LogP contribution in [0.25, 0.3) is 0 Å². The first kappa shape index (κ1) is 14.2. The second-order valence-electron chi connectivity index (χ2n) is 4.13. The lowest BCUT2D eigenvalue weighted by atomic mass is 10.2. The highest BCUT2D eigenvalue weighted by Gasteiger charge is 2.02. The number of hydrogen-bond donors (Lipinski definition) is 1. The molecule has 1 aromatic heterocycles. The van der Waals surface area contributed by atoms with Crippen molar-refractivity contribution in [2.45, 2.75) is 20.0 Å². The smallest absolute Gasteiger partial charge is 0.250 e. The zero-order valence-electron chi connectivity index (χ0n) is 10.5. The zero-order chi connectivity index (χ0) is 13.8. The topological polar surface area (TPSA) is 34.0 Å². The molecule has 100 valence electrons. The van der Waals surface area contributed by atoms with E-state index in [4.69, 9.17) is 11.6 Å². The average Bonchev–Trinajstić information content (AvgIpc) is 2.41. The molecule has 0 unspecified atom stereocenters. The Hall–Kier alpha value is -1.26. The molecule has 2 rings (SSSR count). The van der Waals surface area contributed by atoms with E-state index in [1.54, 1.807) is 16.7 Å². The Morgan fingerprint density at radius 2 is 2.11 bits per heavy atom. The summed E-state index contributed by atoms with van der Waals surface area (Å²) >= 11 is 9.55. The van der Waals surface area contributed by atoms with Crippen LogP contribution in [0.3, 0.4) is 0 Å². The summed E-state index contributed by atoms with van der Waals surface area (Å²) in [5, 5.41) is 3.99. The Balaban J connectivity index is 2.14. The number of hydrogen-bond acceptors (Lipinski definition) is 2. The first-order valence-electron chi connectivity index (χ1n) is 5.98. The van der Waals surface area contributed by atoms with Crippen LogP contribution < -0.4 is 10.9 Å². The molecular formula is C14H14BrClN2O. The van der Waals surface area contributed by atoms with Crippen molar-refractivity contribution in [1.29, 1.82) is 0 Å². The van der Waals surface area contributed by atoms with E-state index in [1.165, 1.54) is 0 Å². The number of aromatic nitrogens is 1. The minimum atomic E-state index is 0.00791. The molecule has 0 fully saturated rings. The van der Waals surface area contributed by atoms with Gasteiger partial charge in [-0.15, -0.1) is 0 Å². The van der Waals surface area contributed by atoms with Gasteiger partial charge in [0.15, 0.2) is 0 Å². The predicted octanol–water partition coefficient (Wildman–Crippen LogP) is 3.90. The van der Waals surface area contributed by atoms with E-state index in [2.05, 4.69) is 21.2 Å². The third-order valence-electron chi connectivity index (χ3n) is 2.81. The quantitative estimate of drug-likeness (QED) is 0.915. The lowest BCUT2D eigenvalue weighted by Crippen LogP contribution is -2.17. The van der Waals surface area contributed by atoms with Crippen LogP contribution in [0.2, 0.25) is 5.02 Å². The van der Waals surface area contributed by atoms with E-state index in [0.717, 1.165) is 20.7 Å². The molecule has 2 aromatic rings. The van der Waals surface area contributed by atoms with Gasteiger partial charge in [0.05, 0.1) is 5.69 Å². The van der Waals surface area contributed by atoms with Crippen LogP contribution in [0.1, 0.15) is 12.5 Å². The number of halogens is 2. The fraction of sp³-hybridized carbons (Fsp3) is 0.214. The van der Waals surface area contributed by atoms with Crippen molar-refractivity contribution in [2.75, 3.05) is 5.32 Å². The molecule has 0 amide bonds. The highest BCUT2D eigenvalue weighted by atomic mass is 79.9. The predicted molar refractivity (Wildman–Crippen MR) is 82.9 cm³/mol. The van der Waals surface area contributed by atoms with E-state index in [0.29, 0.717) is 13.1 Å². The number of rotatable bonds is 4. The summed E-state index contributed by atoms with van der Waals surface area (Å²) in [6, 6.07) is 9.08. The second kappa shape index (κ2) is 6.26. The number of nitrogens with one attached hydrogen (secondary N) is 1. The van der Waals surface area contributed by atoms with Crippen molar-refractivity contribution in [3.05, 3.63) is 61.9 Å². The van der Waals surface area contributed by atoms with Crippen LogP contribution in [0, 0.1) is 0 Å². The van der Waals surface area contributed by atoms with Crippen molar-refractivity contribution in [3.63, 3.8) is 0 Å². The van der Waals surface area contributed by atoms with Crippen LogP contribution in [-0.2, 0) is 13.1 Å². The molecule has 1 aromatic carbocycles. The van der Waals surface area contributed by atoms with Crippen molar-refractivity contribution in [2.24, 2.45) is 0 Å². The maximum absolute atomic E-state index is 11.5. The fourth-order valence-electron chi connectivity index (χ4n) is 1.76. The van der Waals surface area contributed by atoms with Gasteiger partial charge in [-0.25, -0.2) is 0 Å². The van der Waals surface area contributed by atoms with Crippen LogP contribution in [0.4, 0.5) is 5.69 Å². The molecule has 0 aliphatic rings. The molecule has 3 nitrogen and oxygen atoms in total. The Labute approximate surface area is 125 Å². The average molecular weight is 342 g/mol. The van der Waals surface area contributed by atoms with Crippen LogP contribution >= 0.6 is 27.5 Å². The summed E-state index contributed by atoms with van der Waals surface area (Å²) < 4.78 is 2.65. The largest absolute Gasteiger partial charge is 0.380 e. The molecule has 5 heteroatoms. The van der Waals surface area contributed by atoms with Gasteiger partial charge in [-0.1, -0.05) is 27.5 Å². The van der Waals surface area contributed by atoms with Crippen LogP contribution in [-0.4, -0.2) is 4.57 Å². The monoisotopic (exact) mass is 340 g/mol. The normalized spacial score (nSPS) is 10.5. The van der Waals surface area contributed by atoms with Gasteiger partial charge in [-0.05, 0) is 36.8 Å². The fourth-order valence-corrected chi connectivity index (χ4v) is 2.35. The van der Waals surface area contributed by atoms with Gasteiger partial charge in [0.25, 0.3) is 5.56 Å². The van der Waals surface area contributed by atoms with Crippen molar-refractivity contribution >= 4 is 33.2 Å². The minimum Gasteiger partial charge on any atom is -0.380 e. The van der Waals surface area contributed by atoms with E-state index < -0.39 is 0 Å². The summed E-state index contributed by atoms with van der Waals surface area (Å²) in [4.78, 5) is 11.5. The third kappa shape index (κ3) is 3.61. The molecule has 19 heavy (non-hydrogen) atoms. The third-order valence-corrected chi connectivity index (χ3v) is 3.68. The first-order chi connectivity index (χ1) is 9.10. The van der Waals surface area contributed by atoms with Gasteiger partial charge in [-0.3, -0.25) is 4.79 Å². The van der Waals surface area contributed by atoms with Gasteiger partial charge in [-0.2, -0.15) is 0 Å². The number of benzene rings is 1. The summed E-state index contributed by atoms with van der Waals surface area (Å²) in [6.45, 7) is 3.21. The molecule has 0 aliphatic heterocycles. The summed E-state index contributed by atoms with van der Waals surface area (Å²) in [5.74, 6) is 0. The molecule has 0 atom stereocenters. The van der Waals surface area contributed by atoms with Gasteiger partial charge < -0.3 is 9.88 Å². The summed E-state index contributed by atoms with van der Waals surface area (Å²) in [7, 11) is 0. The van der Waals surface area contributed by atoms with Crippen molar-refractivity contribution in [1.82, 2.24) is 4.57 Å². The van der Waals surface area contributed by atoms with E-state index in [9.17, 15) is 4.79 Å². The van der Waals surface area contributed by atoms with Crippen molar-refractivity contribution < 1.29 is 0 Å². The Kier molecular flexibility index (Phi) is 4.66. The SMILES string of the molecule is CCn1cc(NCc2cc(Br)ccc2Cl)ccc1=O. The highest BCUT2D eigenvalue weighted by Crippen LogP contribution is 2.21. The van der Waals surface area contributed by atoms with Gasteiger partial charge in [0, 0.05) is 34.8 Å². The summed E-state index contributed by atoms with van der Waals surface area (Å²) in [6.07, 6.45) is 1.81. The molecule has 0 bridgehead atoms. The molecule has 0 aliphatic carbocycles. The Bertz CT molecular complexity index is 640. The Morgan fingerprint density at radius 1 is 1.32 bits per heavy atom. The number of nitrogens with zero attached hydrogens (tertiary/aromatic N) is 1. The molecule has 0 spiro atoms. The first-order valence-corrected chi connectivity index (χ1v) is 7.15. The maximum atomic E-state index is 11.5. The number of aryl methyl sites for hydroxylation is 1. The second-order valence-corrected chi connectivity index (χ2v) is 5.45. The van der Waals surface area contributed by atoms with Gasteiger partial charge >= 0.3 is 0 Å².